The normalized spacial score (nSPS) is 11.1. The van der Waals surface area contributed by atoms with Gasteiger partial charge in [-0.3, -0.25) is 0 Å². The molecule has 2 rings (SSSR count). The third-order valence-corrected chi connectivity index (χ3v) is 4.30. The lowest BCUT2D eigenvalue weighted by atomic mass is 10.2. The lowest BCUT2D eigenvalue weighted by molar-refractivity contribution is 0.917. The summed E-state index contributed by atoms with van der Waals surface area (Å²) in [4.78, 5) is 5.15. The van der Waals surface area contributed by atoms with Gasteiger partial charge in [0, 0.05) is 19.5 Å². The molecular formula is C11H13NS2. The molecule has 0 unspecified atom stereocenters. The van der Waals surface area contributed by atoms with Crippen LogP contribution in [0.25, 0.3) is 0 Å². The maximum absolute atomic E-state index is 6.16. The smallest absolute Gasteiger partial charge is 0.0740 e. The Bertz CT molecular complexity index is 388. The second-order valence-corrected chi connectivity index (χ2v) is 6.01. The van der Waals surface area contributed by atoms with Gasteiger partial charge in [0.15, 0.2) is 0 Å². The average molecular weight is 223 g/mol. The number of rotatable bonds is 2. The summed E-state index contributed by atoms with van der Waals surface area (Å²) in [5.41, 5.74) is 6.16. The van der Waals surface area contributed by atoms with Crippen LogP contribution in [0.2, 0.25) is 0 Å². The van der Waals surface area contributed by atoms with E-state index in [0.29, 0.717) is 0 Å². The molecule has 0 amide bonds. The molecule has 2 aromatic heterocycles. The van der Waals surface area contributed by atoms with Crippen molar-refractivity contribution in [3.05, 3.63) is 43.8 Å². The van der Waals surface area contributed by atoms with Gasteiger partial charge < -0.3 is 5.73 Å². The first-order chi connectivity index (χ1) is 6.66. The first-order valence-corrected chi connectivity index (χ1v) is 6.18. The number of nitrogens with two attached hydrogens (primary N) is 1. The van der Waals surface area contributed by atoms with Gasteiger partial charge in [0.05, 0.1) is 6.04 Å². The zero-order valence-electron chi connectivity index (χ0n) is 8.28. The Kier molecular flexibility index (Phi) is 2.72. The number of thiophene rings is 2. The zero-order valence-corrected chi connectivity index (χ0v) is 9.91. The molecule has 0 aromatic carbocycles. The van der Waals surface area contributed by atoms with Crippen LogP contribution in [0.5, 0.6) is 0 Å². The lowest BCUT2D eigenvalue weighted by Crippen LogP contribution is -2.07. The molecule has 0 saturated heterocycles. The van der Waals surface area contributed by atoms with Crippen LogP contribution in [-0.2, 0) is 0 Å². The fraction of sp³-hybridized carbons (Fsp3) is 0.273. The van der Waals surface area contributed by atoms with E-state index in [-0.39, 0.29) is 6.04 Å². The van der Waals surface area contributed by atoms with Gasteiger partial charge in [-0.25, -0.2) is 0 Å². The topological polar surface area (TPSA) is 26.0 Å². The zero-order chi connectivity index (χ0) is 10.1. The molecule has 0 bridgehead atoms. The number of aryl methyl sites for hydroxylation is 2. The fourth-order valence-electron chi connectivity index (χ4n) is 1.38. The van der Waals surface area contributed by atoms with Crippen LogP contribution in [-0.4, -0.2) is 0 Å². The molecule has 0 atom stereocenters. The molecule has 0 spiro atoms. The second-order valence-electron chi connectivity index (χ2n) is 3.37. The van der Waals surface area contributed by atoms with E-state index in [0.717, 1.165) is 0 Å². The average Bonchev–Trinajstić information content (AvgIpc) is 2.73. The van der Waals surface area contributed by atoms with Crippen LogP contribution in [0.3, 0.4) is 0 Å². The van der Waals surface area contributed by atoms with E-state index in [9.17, 15) is 0 Å². The van der Waals surface area contributed by atoms with Gasteiger partial charge in [0.1, 0.15) is 0 Å². The van der Waals surface area contributed by atoms with E-state index in [1.165, 1.54) is 19.5 Å². The van der Waals surface area contributed by atoms with Crippen molar-refractivity contribution in [3.8, 4) is 0 Å². The molecule has 0 aliphatic heterocycles. The Morgan fingerprint density at radius 3 is 1.64 bits per heavy atom. The minimum atomic E-state index is 0.0624. The minimum absolute atomic E-state index is 0.0624. The summed E-state index contributed by atoms with van der Waals surface area (Å²) in [5.74, 6) is 0. The van der Waals surface area contributed by atoms with Crippen molar-refractivity contribution < 1.29 is 0 Å². The highest BCUT2D eigenvalue weighted by molar-refractivity contribution is 7.13. The van der Waals surface area contributed by atoms with Crippen molar-refractivity contribution in [1.82, 2.24) is 0 Å². The Morgan fingerprint density at radius 2 is 1.36 bits per heavy atom. The highest BCUT2D eigenvalue weighted by Gasteiger charge is 2.12. The van der Waals surface area contributed by atoms with Gasteiger partial charge in [0.25, 0.3) is 0 Å². The summed E-state index contributed by atoms with van der Waals surface area (Å²) in [5, 5.41) is 0. The molecule has 2 heterocycles. The third kappa shape index (κ3) is 1.90. The van der Waals surface area contributed by atoms with E-state index < -0.39 is 0 Å². The molecule has 0 aliphatic carbocycles. The van der Waals surface area contributed by atoms with Gasteiger partial charge in [-0.05, 0) is 38.1 Å². The molecule has 0 aliphatic rings. The highest BCUT2D eigenvalue weighted by atomic mass is 32.1. The molecule has 3 heteroatoms. The van der Waals surface area contributed by atoms with Gasteiger partial charge in [0.2, 0.25) is 0 Å². The largest absolute Gasteiger partial charge is 0.319 e. The first kappa shape index (κ1) is 9.90. The van der Waals surface area contributed by atoms with Crippen molar-refractivity contribution in [2.75, 3.05) is 0 Å². The maximum Gasteiger partial charge on any atom is 0.0740 e. The van der Waals surface area contributed by atoms with Crippen LogP contribution in [0.15, 0.2) is 24.3 Å². The SMILES string of the molecule is Cc1ccc(C(N)c2ccc(C)s2)s1. The van der Waals surface area contributed by atoms with Crippen LogP contribution in [0.1, 0.15) is 25.6 Å². The summed E-state index contributed by atoms with van der Waals surface area (Å²) in [7, 11) is 0. The Balaban J connectivity index is 2.28. The Hall–Kier alpha value is -0.640. The van der Waals surface area contributed by atoms with E-state index in [1.54, 1.807) is 22.7 Å². The van der Waals surface area contributed by atoms with Gasteiger partial charge in [-0.2, -0.15) is 0 Å². The van der Waals surface area contributed by atoms with E-state index in [4.69, 9.17) is 5.73 Å². The third-order valence-electron chi connectivity index (χ3n) is 2.14. The quantitative estimate of drug-likeness (QED) is 0.829. The summed E-state index contributed by atoms with van der Waals surface area (Å²) in [6.07, 6.45) is 0. The Morgan fingerprint density at radius 1 is 0.929 bits per heavy atom. The molecule has 0 radical (unpaired) electrons. The summed E-state index contributed by atoms with van der Waals surface area (Å²) >= 11 is 3.56. The van der Waals surface area contributed by atoms with E-state index >= 15 is 0 Å². The molecule has 2 N–H and O–H groups in total. The van der Waals surface area contributed by atoms with Crippen LogP contribution < -0.4 is 5.73 Å². The van der Waals surface area contributed by atoms with Crippen molar-refractivity contribution >= 4 is 22.7 Å². The van der Waals surface area contributed by atoms with Crippen molar-refractivity contribution in [2.24, 2.45) is 5.73 Å². The van der Waals surface area contributed by atoms with E-state index in [1.807, 2.05) is 0 Å². The summed E-state index contributed by atoms with van der Waals surface area (Å²) in [6.45, 7) is 4.22. The molecule has 1 nitrogen and oxygen atoms in total. The van der Waals surface area contributed by atoms with Crippen molar-refractivity contribution in [1.29, 1.82) is 0 Å². The molecule has 0 fully saturated rings. The number of hydrogen-bond acceptors (Lipinski definition) is 3. The monoisotopic (exact) mass is 223 g/mol. The highest BCUT2D eigenvalue weighted by Crippen LogP contribution is 2.30. The van der Waals surface area contributed by atoms with Gasteiger partial charge >= 0.3 is 0 Å². The van der Waals surface area contributed by atoms with Gasteiger partial charge in [-0.1, -0.05) is 0 Å². The molecule has 2 aromatic rings. The van der Waals surface area contributed by atoms with E-state index in [2.05, 4.69) is 38.1 Å². The fourth-order valence-corrected chi connectivity index (χ4v) is 3.25. The maximum atomic E-state index is 6.16. The lowest BCUT2D eigenvalue weighted by Gasteiger charge is -2.05. The van der Waals surface area contributed by atoms with Crippen LogP contribution in [0, 0.1) is 13.8 Å². The molecule has 0 saturated carbocycles. The minimum Gasteiger partial charge on any atom is -0.319 e. The predicted molar refractivity (Wildman–Crippen MR) is 64.1 cm³/mol. The Labute approximate surface area is 92.2 Å². The second kappa shape index (κ2) is 3.85. The molecule has 14 heavy (non-hydrogen) atoms. The van der Waals surface area contributed by atoms with Crippen LogP contribution >= 0.6 is 22.7 Å². The summed E-state index contributed by atoms with van der Waals surface area (Å²) < 4.78 is 0. The molecular weight excluding hydrogens is 210 g/mol. The number of hydrogen-bond donors (Lipinski definition) is 1. The standard InChI is InChI=1S/C11H13NS2/c1-7-3-5-9(13-7)11(12)10-6-4-8(2)14-10/h3-6,11H,12H2,1-2H3. The summed E-state index contributed by atoms with van der Waals surface area (Å²) in [6, 6.07) is 8.56. The van der Waals surface area contributed by atoms with Crippen LogP contribution in [0.4, 0.5) is 0 Å². The van der Waals surface area contributed by atoms with Crippen molar-refractivity contribution in [3.63, 3.8) is 0 Å². The predicted octanol–water partition coefficient (Wildman–Crippen LogP) is 3.47. The first-order valence-electron chi connectivity index (χ1n) is 4.55. The van der Waals surface area contributed by atoms with Crippen molar-refractivity contribution in [2.45, 2.75) is 19.9 Å². The molecule has 74 valence electrons. The van der Waals surface area contributed by atoms with Gasteiger partial charge in [-0.15, -0.1) is 22.7 Å².